The molecule has 0 fully saturated rings. The van der Waals surface area contributed by atoms with E-state index in [1.807, 2.05) is 44.2 Å². The van der Waals surface area contributed by atoms with Crippen molar-refractivity contribution in [2.45, 2.75) is 13.8 Å². The predicted octanol–water partition coefficient (Wildman–Crippen LogP) is 5.64. The molecule has 31 heavy (non-hydrogen) atoms. The molecule has 0 radical (unpaired) electrons. The van der Waals surface area contributed by atoms with Gasteiger partial charge in [-0.2, -0.15) is 0 Å². The standard InChI is InChI=1S/C25H22N2O4/c1-3-30-21-15-9-7-13-19(21)26-25(29)23-22(18-12-6-8-14-20(18)31-23)27-24(28)17-11-5-4-10-16(17)2/h4-15H,3H2,1-2H3,(H,26,29)(H,27,28). The lowest BCUT2D eigenvalue weighted by atomic mass is 10.1. The molecule has 4 aromatic rings. The van der Waals surface area contributed by atoms with Crippen LogP contribution >= 0.6 is 0 Å². The summed E-state index contributed by atoms with van der Waals surface area (Å²) in [6, 6.07) is 21.6. The number of amides is 2. The second-order valence-electron chi connectivity index (χ2n) is 6.95. The summed E-state index contributed by atoms with van der Waals surface area (Å²) in [5.41, 5.74) is 2.72. The van der Waals surface area contributed by atoms with Crippen molar-refractivity contribution in [3.8, 4) is 5.75 Å². The molecule has 1 heterocycles. The molecule has 0 saturated heterocycles. The summed E-state index contributed by atoms with van der Waals surface area (Å²) in [5.74, 6) is -0.216. The van der Waals surface area contributed by atoms with E-state index in [9.17, 15) is 9.59 Å². The Balaban J connectivity index is 1.71. The first-order valence-electron chi connectivity index (χ1n) is 10.00. The van der Waals surface area contributed by atoms with Gasteiger partial charge in [-0.05, 0) is 49.7 Å². The van der Waals surface area contributed by atoms with E-state index < -0.39 is 5.91 Å². The molecule has 6 nitrogen and oxygen atoms in total. The molecule has 0 bridgehead atoms. The molecule has 156 valence electrons. The van der Waals surface area contributed by atoms with Gasteiger partial charge in [0.1, 0.15) is 17.0 Å². The van der Waals surface area contributed by atoms with Crippen LogP contribution in [-0.2, 0) is 0 Å². The van der Waals surface area contributed by atoms with Gasteiger partial charge in [0.25, 0.3) is 11.8 Å². The maximum atomic E-state index is 13.1. The molecule has 0 spiro atoms. The Kier molecular flexibility index (Phi) is 5.71. The number of furan rings is 1. The topological polar surface area (TPSA) is 80.6 Å². The highest BCUT2D eigenvalue weighted by molar-refractivity contribution is 6.17. The molecule has 0 aliphatic carbocycles. The molecule has 3 aromatic carbocycles. The minimum absolute atomic E-state index is 0.0226. The third-order valence-corrected chi connectivity index (χ3v) is 4.87. The second kappa shape index (κ2) is 8.75. The number of nitrogens with one attached hydrogen (secondary N) is 2. The van der Waals surface area contributed by atoms with Gasteiger partial charge in [0.15, 0.2) is 0 Å². The van der Waals surface area contributed by atoms with E-state index in [-0.39, 0.29) is 11.7 Å². The Bertz CT molecular complexity index is 1260. The first-order valence-corrected chi connectivity index (χ1v) is 10.00. The maximum Gasteiger partial charge on any atom is 0.293 e. The van der Waals surface area contributed by atoms with Crippen molar-refractivity contribution >= 4 is 34.2 Å². The van der Waals surface area contributed by atoms with Crippen LogP contribution in [0.2, 0.25) is 0 Å². The number of aryl methyl sites for hydroxylation is 1. The van der Waals surface area contributed by atoms with Crippen LogP contribution < -0.4 is 15.4 Å². The van der Waals surface area contributed by atoms with Crippen LogP contribution in [0.15, 0.2) is 77.2 Å². The molecule has 2 amide bonds. The van der Waals surface area contributed by atoms with E-state index in [1.165, 1.54) is 0 Å². The Morgan fingerprint density at radius 1 is 0.871 bits per heavy atom. The average molecular weight is 414 g/mol. The summed E-state index contributed by atoms with van der Waals surface area (Å²) in [4.78, 5) is 26.1. The number of carbonyl (C=O) groups is 2. The zero-order valence-corrected chi connectivity index (χ0v) is 17.3. The van der Waals surface area contributed by atoms with E-state index in [1.54, 1.807) is 42.5 Å². The van der Waals surface area contributed by atoms with E-state index >= 15 is 0 Å². The van der Waals surface area contributed by atoms with Gasteiger partial charge in [0.2, 0.25) is 5.76 Å². The Hall–Kier alpha value is -4.06. The van der Waals surface area contributed by atoms with E-state index in [0.29, 0.717) is 40.3 Å². The molecular formula is C25H22N2O4. The summed E-state index contributed by atoms with van der Waals surface area (Å²) in [6.45, 7) is 4.20. The minimum Gasteiger partial charge on any atom is -0.492 e. The molecule has 0 aliphatic heterocycles. The van der Waals surface area contributed by atoms with Crippen molar-refractivity contribution in [2.24, 2.45) is 0 Å². The van der Waals surface area contributed by atoms with Gasteiger partial charge in [-0.3, -0.25) is 9.59 Å². The number of fused-ring (bicyclic) bond motifs is 1. The van der Waals surface area contributed by atoms with Crippen molar-refractivity contribution in [1.29, 1.82) is 0 Å². The van der Waals surface area contributed by atoms with Crippen LogP contribution in [0.4, 0.5) is 11.4 Å². The van der Waals surface area contributed by atoms with E-state index in [2.05, 4.69) is 10.6 Å². The molecule has 0 aliphatic rings. The maximum absolute atomic E-state index is 13.1. The summed E-state index contributed by atoms with van der Waals surface area (Å²) >= 11 is 0. The van der Waals surface area contributed by atoms with Crippen LogP contribution in [0.3, 0.4) is 0 Å². The van der Waals surface area contributed by atoms with Crippen molar-refractivity contribution < 1.29 is 18.7 Å². The summed E-state index contributed by atoms with van der Waals surface area (Å²) < 4.78 is 11.4. The van der Waals surface area contributed by atoms with Crippen molar-refractivity contribution in [1.82, 2.24) is 0 Å². The van der Waals surface area contributed by atoms with Crippen molar-refractivity contribution in [2.75, 3.05) is 17.2 Å². The number of hydrogen-bond acceptors (Lipinski definition) is 4. The molecule has 4 rings (SSSR count). The molecule has 0 unspecified atom stereocenters. The lowest BCUT2D eigenvalue weighted by molar-refractivity contribution is 0.0999. The Morgan fingerprint density at radius 2 is 1.58 bits per heavy atom. The number of anilines is 2. The van der Waals surface area contributed by atoms with Crippen LogP contribution in [0.1, 0.15) is 33.4 Å². The third-order valence-electron chi connectivity index (χ3n) is 4.87. The van der Waals surface area contributed by atoms with Crippen LogP contribution in [0, 0.1) is 6.92 Å². The number of hydrogen-bond donors (Lipinski definition) is 2. The number of benzene rings is 3. The first kappa shape index (κ1) is 20.2. The molecular weight excluding hydrogens is 392 g/mol. The number of para-hydroxylation sites is 3. The minimum atomic E-state index is -0.483. The average Bonchev–Trinajstić information content (AvgIpc) is 3.14. The zero-order valence-electron chi connectivity index (χ0n) is 17.3. The van der Waals surface area contributed by atoms with Gasteiger partial charge in [-0.25, -0.2) is 0 Å². The van der Waals surface area contributed by atoms with Crippen molar-refractivity contribution in [3.63, 3.8) is 0 Å². The lowest BCUT2D eigenvalue weighted by Crippen LogP contribution is -2.18. The number of rotatable bonds is 6. The van der Waals surface area contributed by atoms with Gasteiger partial charge in [-0.15, -0.1) is 0 Å². The van der Waals surface area contributed by atoms with Gasteiger partial charge in [0, 0.05) is 10.9 Å². The monoisotopic (exact) mass is 414 g/mol. The molecule has 0 atom stereocenters. The Labute approximate surface area is 179 Å². The number of carbonyl (C=O) groups excluding carboxylic acids is 2. The normalized spacial score (nSPS) is 10.6. The smallest absolute Gasteiger partial charge is 0.293 e. The molecule has 2 N–H and O–H groups in total. The fraction of sp³-hybridized carbons (Fsp3) is 0.120. The fourth-order valence-corrected chi connectivity index (χ4v) is 3.37. The molecule has 6 heteroatoms. The van der Waals surface area contributed by atoms with E-state index in [0.717, 1.165) is 5.56 Å². The second-order valence-corrected chi connectivity index (χ2v) is 6.95. The Morgan fingerprint density at radius 3 is 2.39 bits per heavy atom. The van der Waals surface area contributed by atoms with Crippen molar-refractivity contribution in [3.05, 3.63) is 89.7 Å². The summed E-state index contributed by atoms with van der Waals surface area (Å²) in [5, 5.41) is 6.35. The van der Waals surface area contributed by atoms with Gasteiger partial charge < -0.3 is 19.8 Å². The largest absolute Gasteiger partial charge is 0.492 e. The first-order chi connectivity index (χ1) is 15.1. The van der Waals surface area contributed by atoms with Crippen LogP contribution in [0.5, 0.6) is 5.75 Å². The number of ether oxygens (including phenoxy) is 1. The van der Waals surface area contributed by atoms with Gasteiger partial charge in [0.05, 0.1) is 12.3 Å². The third kappa shape index (κ3) is 4.14. The lowest BCUT2D eigenvalue weighted by Gasteiger charge is -2.11. The fourth-order valence-electron chi connectivity index (χ4n) is 3.37. The SMILES string of the molecule is CCOc1ccccc1NC(=O)c1oc2ccccc2c1NC(=O)c1ccccc1C. The summed E-state index contributed by atoms with van der Waals surface area (Å²) in [7, 11) is 0. The molecule has 1 aromatic heterocycles. The quantitative estimate of drug-likeness (QED) is 0.428. The van der Waals surface area contributed by atoms with E-state index in [4.69, 9.17) is 9.15 Å². The zero-order chi connectivity index (χ0) is 21.8. The predicted molar refractivity (Wildman–Crippen MR) is 121 cm³/mol. The molecule has 0 saturated carbocycles. The van der Waals surface area contributed by atoms with Crippen LogP contribution in [0.25, 0.3) is 11.0 Å². The highest BCUT2D eigenvalue weighted by Crippen LogP contribution is 2.33. The highest BCUT2D eigenvalue weighted by atomic mass is 16.5. The summed E-state index contributed by atoms with van der Waals surface area (Å²) in [6.07, 6.45) is 0. The van der Waals surface area contributed by atoms with Gasteiger partial charge in [-0.1, -0.05) is 42.5 Å². The van der Waals surface area contributed by atoms with Gasteiger partial charge >= 0.3 is 0 Å². The highest BCUT2D eigenvalue weighted by Gasteiger charge is 2.24. The van der Waals surface area contributed by atoms with Crippen LogP contribution in [-0.4, -0.2) is 18.4 Å².